The fourth-order valence-electron chi connectivity index (χ4n) is 0.995. The lowest BCUT2D eigenvalue weighted by Crippen LogP contribution is -2.33. The quantitative estimate of drug-likeness (QED) is 0.524. The molecule has 9 heavy (non-hydrogen) atoms. The van der Waals surface area contributed by atoms with Crippen molar-refractivity contribution in [3.05, 3.63) is 0 Å². The highest BCUT2D eigenvalue weighted by molar-refractivity contribution is 4.84. The van der Waals surface area contributed by atoms with E-state index in [0.717, 1.165) is 0 Å². The number of hydrogen-bond acceptors (Lipinski definition) is 2. The number of alkyl halides is 2. The van der Waals surface area contributed by atoms with Crippen LogP contribution in [0.5, 0.6) is 0 Å². The van der Waals surface area contributed by atoms with Crippen LogP contribution >= 0.6 is 0 Å². The molecule has 0 bridgehead atoms. The van der Waals surface area contributed by atoms with Gasteiger partial charge in [0.15, 0.2) is 0 Å². The van der Waals surface area contributed by atoms with E-state index in [2.05, 4.69) is 5.32 Å². The van der Waals surface area contributed by atoms with Crippen molar-refractivity contribution in [1.29, 1.82) is 0 Å². The summed E-state index contributed by atoms with van der Waals surface area (Å²) in [6, 6.07) is -0.356. The van der Waals surface area contributed by atoms with Gasteiger partial charge in [-0.05, 0) is 0 Å². The molecule has 0 radical (unpaired) electrons. The monoisotopic (exact) mass is 136 g/mol. The Labute approximate surface area is 52.4 Å². The highest BCUT2D eigenvalue weighted by Crippen LogP contribution is 2.15. The first-order chi connectivity index (χ1) is 4.22. The molecule has 0 aromatic rings. The van der Waals surface area contributed by atoms with Crippen LogP contribution in [0.3, 0.4) is 0 Å². The van der Waals surface area contributed by atoms with Crippen molar-refractivity contribution >= 4 is 0 Å². The summed E-state index contributed by atoms with van der Waals surface area (Å²) < 4.78 is 23.7. The van der Waals surface area contributed by atoms with E-state index in [-0.39, 0.29) is 6.04 Å². The van der Waals surface area contributed by atoms with Gasteiger partial charge in [-0.3, -0.25) is 0 Å². The van der Waals surface area contributed by atoms with Gasteiger partial charge in [-0.25, -0.2) is 8.78 Å². The summed E-state index contributed by atoms with van der Waals surface area (Å²) in [5, 5.41) is 2.80. The molecule has 3 N–H and O–H groups in total. The average Bonchev–Trinajstić information content (AvgIpc) is 2.13. The Morgan fingerprint density at radius 2 is 2.11 bits per heavy atom. The third-order valence-electron chi connectivity index (χ3n) is 1.63. The van der Waals surface area contributed by atoms with Crippen molar-refractivity contribution in [2.24, 2.45) is 11.7 Å². The molecular weight excluding hydrogens is 126 g/mol. The van der Waals surface area contributed by atoms with Crippen molar-refractivity contribution in [3.63, 3.8) is 0 Å². The van der Waals surface area contributed by atoms with E-state index in [1.54, 1.807) is 0 Å². The first-order valence-electron chi connectivity index (χ1n) is 2.96. The standard InChI is InChI=1S/C5H10F2N2/c6-5(7)3-1-9-2-4(3)8/h3-5,9H,1-2,8H2/t3-,4+/m1/s1. The van der Waals surface area contributed by atoms with Gasteiger partial charge in [-0.1, -0.05) is 0 Å². The zero-order valence-electron chi connectivity index (χ0n) is 4.98. The fraction of sp³-hybridized carbons (Fsp3) is 1.00. The highest BCUT2D eigenvalue weighted by atomic mass is 19.3. The molecule has 1 aliphatic rings. The second-order valence-corrected chi connectivity index (χ2v) is 2.32. The molecule has 0 aliphatic carbocycles. The summed E-state index contributed by atoms with van der Waals surface area (Å²) in [6.07, 6.45) is -2.27. The van der Waals surface area contributed by atoms with Gasteiger partial charge < -0.3 is 11.1 Å². The van der Waals surface area contributed by atoms with Crippen molar-refractivity contribution in [3.8, 4) is 0 Å². The van der Waals surface area contributed by atoms with E-state index < -0.39 is 12.3 Å². The lowest BCUT2D eigenvalue weighted by molar-refractivity contribution is 0.0798. The predicted molar refractivity (Wildman–Crippen MR) is 30.3 cm³/mol. The third kappa shape index (κ3) is 1.37. The minimum Gasteiger partial charge on any atom is -0.326 e. The second kappa shape index (κ2) is 2.58. The Hall–Kier alpha value is -0.220. The largest absolute Gasteiger partial charge is 0.326 e. The Morgan fingerprint density at radius 1 is 1.44 bits per heavy atom. The molecule has 2 atom stereocenters. The van der Waals surface area contributed by atoms with Gasteiger partial charge in [0.2, 0.25) is 6.43 Å². The smallest absolute Gasteiger partial charge is 0.244 e. The van der Waals surface area contributed by atoms with Crippen LogP contribution in [-0.2, 0) is 0 Å². The molecular formula is C5H10F2N2. The molecule has 1 aliphatic heterocycles. The summed E-state index contributed by atoms with van der Waals surface area (Å²) in [7, 11) is 0. The Kier molecular flexibility index (Phi) is 1.97. The van der Waals surface area contributed by atoms with Gasteiger partial charge in [0.05, 0.1) is 0 Å². The molecule has 2 nitrogen and oxygen atoms in total. The minimum absolute atomic E-state index is 0.356. The topological polar surface area (TPSA) is 38.0 Å². The van der Waals surface area contributed by atoms with Gasteiger partial charge in [-0.15, -0.1) is 0 Å². The molecule has 0 amide bonds. The average molecular weight is 136 g/mol. The van der Waals surface area contributed by atoms with Crippen LogP contribution in [0.2, 0.25) is 0 Å². The Morgan fingerprint density at radius 3 is 2.33 bits per heavy atom. The van der Waals surface area contributed by atoms with Crippen LogP contribution in [-0.4, -0.2) is 25.6 Å². The Bertz CT molecular complexity index is 97.0. The van der Waals surface area contributed by atoms with Crippen molar-refractivity contribution in [2.75, 3.05) is 13.1 Å². The van der Waals surface area contributed by atoms with Crippen LogP contribution < -0.4 is 11.1 Å². The highest BCUT2D eigenvalue weighted by Gasteiger charge is 2.30. The maximum Gasteiger partial charge on any atom is 0.244 e. The summed E-state index contributed by atoms with van der Waals surface area (Å²) >= 11 is 0. The zero-order chi connectivity index (χ0) is 6.85. The van der Waals surface area contributed by atoms with Crippen molar-refractivity contribution < 1.29 is 8.78 Å². The Balaban J connectivity index is 2.40. The molecule has 0 unspecified atom stereocenters. The molecule has 1 heterocycles. The predicted octanol–water partition coefficient (Wildman–Crippen LogP) is -0.202. The molecule has 0 saturated carbocycles. The van der Waals surface area contributed by atoms with E-state index in [4.69, 9.17) is 5.73 Å². The molecule has 4 heteroatoms. The number of halogens is 2. The van der Waals surface area contributed by atoms with Gasteiger partial charge in [0.1, 0.15) is 0 Å². The lowest BCUT2D eigenvalue weighted by Gasteiger charge is -2.11. The SMILES string of the molecule is N[C@H]1CNC[C@H]1C(F)F. The van der Waals surface area contributed by atoms with Crippen LogP contribution in [0.4, 0.5) is 8.78 Å². The zero-order valence-corrected chi connectivity index (χ0v) is 4.98. The molecule has 1 saturated heterocycles. The van der Waals surface area contributed by atoms with Crippen LogP contribution in [0.25, 0.3) is 0 Å². The first kappa shape index (κ1) is 6.89. The van der Waals surface area contributed by atoms with E-state index in [0.29, 0.717) is 13.1 Å². The van der Waals surface area contributed by atoms with Gasteiger partial charge in [0, 0.05) is 25.0 Å². The number of nitrogens with two attached hydrogens (primary N) is 1. The lowest BCUT2D eigenvalue weighted by atomic mass is 10.1. The maximum atomic E-state index is 11.9. The number of nitrogens with one attached hydrogen (secondary N) is 1. The van der Waals surface area contributed by atoms with Crippen LogP contribution in [0.1, 0.15) is 0 Å². The molecule has 1 rings (SSSR count). The normalized spacial score (nSPS) is 36.0. The fourth-order valence-corrected chi connectivity index (χ4v) is 0.995. The van der Waals surface area contributed by atoms with Gasteiger partial charge in [-0.2, -0.15) is 0 Å². The van der Waals surface area contributed by atoms with Crippen LogP contribution in [0.15, 0.2) is 0 Å². The molecule has 1 fully saturated rings. The molecule has 0 aromatic carbocycles. The second-order valence-electron chi connectivity index (χ2n) is 2.32. The van der Waals surface area contributed by atoms with Gasteiger partial charge >= 0.3 is 0 Å². The maximum absolute atomic E-state index is 11.9. The summed E-state index contributed by atoms with van der Waals surface area (Å²) in [5.74, 6) is -0.634. The summed E-state index contributed by atoms with van der Waals surface area (Å²) in [5.41, 5.74) is 5.34. The molecule has 54 valence electrons. The minimum atomic E-state index is -2.27. The number of hydrogen-bond donors (Lipinski definition) is 2. The van der Waals surface area contributed by atoms with E-state index in [1.165, 1.54) is 0 Å². The number of rotatable bonds is 1. The van der Waals surface area contributed by atoms with Crippen molar-refractivity contribution in [1.82, 2.24) is 5.32 Å². The van der Waals surface area contributed by atoms with E-state index in [1.807, 2.05) is 0 Å². The first-order valence-corrected chi connectivity index (χ1v) is 2.96. The van der Waals surface area contributed by atoms with Crippen molar-refractivity contribution in [2.45, 2.75) is 12.5 Å². The van der Waals surface area contributed by atoms with Gasteiger partial charge in [0.25, 0.3) is 0 Å². The molecule has 0 spiro atoms. The summed E-state index contributed by atoms with van der Waals surface area (Å²) in [6.45, 7) is 0.883. The third-order valence-corrected chi connectivity index (χ3v) is 1.63. The van der Waals surface area contributed by atoms with Crippen LogP contribution in [0, 0.1) is 5.92 Å². The van der Waals surface area contributed by atoms with E-state index in [9.17, 15) is 8.78 Å². The summed E-state index contributed by atoms with van der Waals surface area (Å²) in [4.78, 5) is 0. The van der Waals surface area contributed by atoms with E-state index >= 15 is 0 Å². The molecule has 0 aromatic heterocycles.